The third kappa shape index (κ3) is 3.52. The van der Waals surface area contributed by atoms with E-state index >= 15 is 0 Å². The van der Waals surface area contributed by atoms with Crippen LogP contribution in [0, 0.1) is 5.82 Å². The summed E-state index contributed by atoms with van der Waals surface area (Å²) in [6.45, 7) is 5.07. The number of amides is 1. The summed E-state index contributed by atoms with van der Waals surface area (Å²) in [6, 6.07) is 3.46. The van der Waals surface area contributed by atoms with E-state index in [4.69, 9.17) is 4.74 Å². The van der Waals surface area contributed by atoms with Gasteiger partial charge in [-0.3, -0.25) is 4.79 Å². The number of anilines is 1. The van der Waals surface area contributed by atoms with Gasteiger partial charge in [0.05, 0.1) is 11.8 Å². The molecule has 2 rings (SSSR count). The van der Waals surface area contributed by atoms with Crippen LogP contribution < -0.4 is 10.6 Å². The average molecular weight is 266 g/mol. The van der Waals surface area contributed by atoms with E-state index in [0.29, 0.717) is 18.5 Å². The molecule has 4 nitrogen and oxygen atoms in total. The molecular formula is C14H19FN2O2. The maximum absolute atomic E-state index is 14.2. The molecule has 1 amide bonds. The van der Waals surface area contributed by atoms with Gasteiger partial charge in [-0.05, 0) is 44.0 Å². The van der Waals surface area contributed by atoms with Gasteiger partial charge >= 0.3 is 0 Å². The highest BCUT2D eigenvalue weighted by Crippen LogP contribution is 2.24. The average Bonchev–Trinajstić information content (AvgIpc) is 2.40. The topological polar surface area (TPSA) is 50.4 Å². The first kappa shape index (κ1) is 14.0. The van der Waals surface area contributed by atoms with Crippen LogP contribution in [0.4, 0.5) is 10.1 Å². The van der Waals surface area contributed by atoms with Crippen LogP contribution >= 0.6 is 0 Å². The lowest BCUT2D eigenvalue weighted by Gasteiger charge is -2.19. The molecule has 1 aliphatic heterocycles. The molecule has 0 atom stereocenters. The predicted molar refractivity (Wildman–Crippen MR) is 71.5 cm³/mol. The predicted octanol–water partition coefficient (Wildman–Crippen LogP) is 1.83. The van der Waals surface area contributed by atoms with Crippen molar-refractivity contribution in [2.75, 3.05) is 18.5 Å². The number of hydrogen-bond donors (Lipinski definition) is 2. The van der Waals surface area contributed by atoms with Crippen LogP contribution in [0.15, 0.2) is 12.1 Å². The van der Waals surface area contributed by atoms with Crippen LogP contribution in [0.25, 0.3) is 0 Å². The monoisotopic (exact) mass is 266 g/mol. The number of halogens is 1. The van der Waals surface area contributed by atoms with Crippen molar-refractivity contribution in [3.8, 4) is 0 Å². The highest BCUT2D eigenvalue weighted by molar-refractivity contribution is 5.92. The Hall–Kier alpha value is -1.46. The lowest BCUT2D eigenvalue weighted by atomic mass is 9.99. The van der Waals surface area contributed by atoms with Crippen LogP contribution in [0.3, 0.4) is 0 Å². The number of carbonyl (C=O) groups excluding carboxylic acids is 1. The van der Waals surface area contributed by atoms with Gasteiger partial charge in [-0.25, -0.2) is 4.39 Å². The van der Waals surface area contributed by atoms with Crippen molar-refractivity contribution in [2.24, 2.45) is 0 Å². The minimum atomic E-state index is -0.332. The Labute approximate surface area is 112 Å². The Morgan fingerprint density at radius 2 is 2.32 bits per heavy atom. The first-order chi connectivity index (χ1) is 9.08. The fourth-order valence-corrected chi connectivity index (χ4v) is 2.06. The fourth-order valence-electron chi connectivity index (χ4n) is 2.06. The second-order valence-electron chi connectivity index (χ2n) is 4.90. The van der Waals surface area contributed by atoms with Crippen LogP contribution in [0.1, 0.15) is 25.0 Å². The van der Waals surface area contributed by atoms with Gasteiger partial charge in [0.2, 0.25) is 5.91 Å². The molecule has 1 aromatic carbocycles. The van der Waals surface area contributed by atoms with Crippen LogP contribution in [0.2, 0.25) is 0 Å². The summed E-state index contributed by atoms with van der Waals surface area (Å²) in [6.07, 6.45) is 0.623. The molecular weight excluding hydrogens is 247 g/mol. The van der Waals surface area contributed by atoms with Gasteiger partial charge in [-0.2, -0.15) is 0 Å². The maximum atomic E-state index is 14.2. The fraction of sp³-hybridized carbons (Fsp3) is 0.500. The van der Waals surface area contributed by atoms with Crippen molar-refractivity contribution in [1.82, 2.24) is 5.32 Å². The van der Waals surface area contributed by atoms with Crippen LogP contribution in [-0.2, 0) is 22.5 Å². The van der Waals surface area contributed by atoms with Gasteiger partial charge in [-0.15, -0.1) is 0 Å². The third-order valence-corrected chi connectivity index (χ3v) is 3.03. The first-order valence-corrected chi connectivity index (χ1v) is 6.50. The van der Waals surface area contributed by atoms with Crippen LogP contribution in [-0.4, -0.2) is 25.2 Å². The largest absolute Gasteiger partial charge is 0.369 e. The molecule has 1 heterocycles. The quantitative estimate of drug-likeness (QED) is 0.874. The van der Waals surface area contributed by atoms with E-state index in [0.717, 1.165) is 12.1 Å². The van der Waals surface area contributed by atoms with E-state index in [1.54, 1.807) is 6.07 Å². The van der Waals surface area contributed by atoms with E-state index in [1.807, 2.05) is 19.9 Å². The second-order valence-corrected chi connectivity index (χ2v) is 4.90. The SMILES string of the molecule is CC(C)OCC(=O)Nc1ccc2c(c1F)CCNC2. The minimum absolute atomic E-state index is 0.0230. The van der Waals surface area contributed by atoms with Gasteiger partial charge in [0, 0.05) is 6.54 Å². The van der Waals surface area contributed by atoms with E-state index in [-0.39, 0.29) is 30.1 Å². The second kappa shape index (κ2) is 6.12. The molecule has 0 fully saturated rings. The van der Waals surface area contributed by atoms with Crippen molar-refractivity contribution < 1.29 is 13.9 Å². The summed E-state index contributed by atoms with van der Waals surface area (Å²) in [4.78, 5) is 11.6. The van der Waals surface area contributed by atoms with Crippen molar-refractivity contribution in [3.05, 3.63) is 29.1 Å². The molecule has 0 saturated heterocycles. The molecule has 2 N–H and O–H groups in total. The lowest BCUT2D eigenvalue weighted by molar-refractivity contribution is -0.121. The number of carbonyl (C=O) groups is 1. The zero-order chi connectivity index (χ0) is 13.8. The molecule has 0 spiro atoms. The lowest BCUT2D eigenvalue weighted by Crippen LogP contribution is -2.26. The van der Waals surface area contributed by atoms with E-state index in [1.165, 1.54) is 0 Å². The summed E-state index contributed by atoms with van der Waals surface area (Å²) in [7, 11) is 0. The van der Waals surface area contributed by atoms with Gasteiger partial charge in [-0.1, -0.05) is 6.07 Å². The van der Waals surface area contributed by atoms with Gasteiger partial charge in [0.15, 0.2) is 0 Å². The van der Waals surface area contributed by atoms with Crippen molar-refractivity contribution in [1.29, 1.82) is 0 Å². The van der Waals surface area contributed by atoms with Gasteiger partial charge in [0.25, 0.3) is 0 Å². The Bertz CT molecular complexity index is 475. The molecule has 0 unspecified atom stereocenters. The highest BCUT2D eigenvalue weighted by Gasteiger charge is 2.17. The van der Waals surface area contributed by atoms with Crippen molar-refractivity contribution in [2.45, 2.75) is 32.9 Å². The smallest absolute Gasteiger partial charge is 0.250 e. The van der Waals surface area contributed by atoms with Crippen LogP contribution in [0.5, 0.6) is 0 Å². The number of nitrogens with one attached hydrogen (secondary N) is 2. The normalized spacial score (nSPS) is 14.3. The van der Waals surface area contributed by atoms with Gasteiger partial charge < -0.3 is 15.4 Å². The summed E-state index contributed by atoms with van der Waals surface area (Å²) in [5, 5.41) is 5.74. The van der Waals surface area contributed by atoms with E-state index in [2.05, 4.69) is 10.6 Å². The Balaban J connectivity index is 2.06. The minimum Gasteiger partial charge on any atom is -0.369 e. The Kier molecular flexibility index (Phi) is 4.50. The number of ether oxygens (including phenoxy) is 1. The summed E-state index contributed by atoms with van der Waals surface area (Å²) in [5.74, 6) is -0.654. The third-order valence-electron chi connectivity index (χ3n) is 3.03. The number of rotatable bonds is 4. The van der Waals surface area contributed by atoms with E-state index < -0.39 is 0 Å². The van der Waals surface area contributed by atoms with Gasteiger partial charge in [0.1, 0.15) is 12.4 Å². The number of hydrogen-bond acceptors (Lipinski definition) is 3. The molecule has 0 saturated carbocycles. The molecule has 1 aromatic rings. The number of fused-ring (bicyclic) bond motifs is 1. The van der Waals surface area contributed by atoms with Crippen molar-refractivity contribution in [3.63, 3.8) is 0 Å². The summed E-state index contributed by atoms with van der Waals surface area (Å²) >= 11 is 0. The molecule has 1 aliphatic rings. The number of benzene rings is 1. The molecule has 0 aromatic heterocycles. The summed E-state index contributed by atoms with van der Waals surface area (Å²) < 4.78 is 19.4. The Morgan fingerprint density at radius 3 is 3.05 bits per heavy atom. The zero-order valence-electron chi connectivity index (χ0n) is 11.3. The molecule has 0 aliphatic carbocycles. The highest BCUT2D eigenvalue weighted by atomic mass is 19.1. The molecule has 5 heteroatoms. The molecule has 104 valence electrons. The van der Waals surface area contributed by atoms with Crippen molar-refractivity contribution >= 4 is 11.6 Å². The standard InChI is InChI=1S/C14H19FN2O2/c1-9(2)19-8-13(18)17-12-4-3-10-7-16-6-5-11(10)14(12)15/h3-4,9,16H,5-8H2,1-2H3,(H,17,18). The first-order valence-electron chi connectivity index (χ1n) is 6.50. The molecule has 0 radical (unpaired) electrons. The molecule has 0 bridgehead atoms. The summed E-state index contributed by atoms with van der Waals surface area (Å²) in [5.41, 5.74) is 1.89. The van der Waals surface area contributed by atoms with E-state index in [9.17, 15) is 9.18 Å². The Morgan fingerprint density at radius 1 is 1.53 bits per heavy atom. The molecule has 19 heavy (non-hydrogen) atoms. The zero-order valence-corrected chi connectivity index (χ0v) is 11.3. The maximum Gasteiger partial charge on any atom is 0.250 e.